The Labute approximate surface area is 166 Å². The van der Waals surface area contributed by atoms with Gasteiger partial charge < -0.3 is 10.6 Å². The van der Waals surface area contributed by atoms with E-state index in [0.717, 1.165) is 32.5 Å². The van der Waals surface area contributed by atoms with Crippen LogP contribution in [-0.4, -0.2) is 35.8 Å². The molecule has 1 aliphatic rings. The van der Waals surface area contributed by atoms with Crippen LogP contribution in [0.1, 0.15) is 35.7 Å². The molecule has 2 N–H and O–H groups in total. The minimum Gasteiger partial charge on any atom is -0.349 e. The van der Waals surface area contributed by atoms with Gasteiger partial charge in [0.1, 0.15) is 0 Å². The minimum absolute atomic E-state index is 0. The highest BCUT2D eigenvalue weighted by molar-refractivity contribution is 5.95. The van der Waals surface area contributed by atoms with Crippen molar-refractivity contribution in [1.29, 1.82) is 0 Å². The van der Waals surface area contributed by atoms with E-state index in [1.807, 2.05) is 6.07 Å². The summed E-state index contributed by atoms with van der Waals surface area (Å²) in [5, 5.41) is 5.83. The molecule has 1 fully saturated rings. The topological polar surface area (TPSA) is 61.4 Å². The molecule has 0 atom stereocenters. The first kappa shape index (κ1) is 20.9. The highest BCUT2D eigenvalue weighted by Crippen LogP contribution is 2.15. The second-order valence-electron chi connectivity index (χ2n) is 6.77. The molecule has 1 saturated heterocycles. The minimum atomic E-state index is -0.121. The van der Waals surface area contributed by atoms with E-state index in [1.54, 1.807) is 24.3 Å². The number of rotatable bonds is 5. The number of nitrogens with zero attached hydrogens (tertiary/aromatic N) is 1. The summed E-state index contributed by atoms with van der Waals surface area (Å²) in [7, 11) is 0. The number of nitrogens with one attached hydrogen (secondary N) is 2. The molecule has 0 unspecified atom stereocenters. The largest absolute Gasteiger partial charge is 0.349 e. The zero-order valence-electron chi connectivity index (χ0n) is 15.5. The lowest BCUT2D eigenvalue weighted by Crippen LogP contribution is -2.44. The quantitative estimate of drug-likeness (QED) is 0.825. The number of carbonyl (C=O) groups is 2. The van der Waals surface area contributed by atoms with Crippen molar-refractivity contribution in [3.63, 3.8) is 0 Å². The number of carbonyl (C=O) groups excluding carboxylic acids is 2. The van der Waals surface area contributed by atoms with Crippen molar-refractivity contribution >= 4 is 29.9 Å². The molecule has 0 aliphatic carbocycles. The number of halogens is 1. The van der Waals surface area contributed by atoms with E-state index < -0.39 is 0 Å². The maximum absolute atomic E-state index is 12.4. The Morgan fingerprint density at radius 2 is 1.63 bits per heavy atom. The molecule has 2 aromatic carbocycles. The van der Waals surface area contributed by atoms with Gasteiger partial charge in [-0.15, -0.1) is 12.4 Å². The van der Waals surface area contributed by atoms with Crippen molar-refractivity contribution < 1.29 is 9.59 Å². The summed E-state index contributed by atoms with van der Waals surface area (Å²) in [6, 6.07) is 17.7. The van der Waals surface area contributed by atoms with Gasteiger partial charge >= 0.3 is 0 Å². The molecular weight excluding hydrogens is 362 g/mol. The van der Waals surface area contributed by atoms with E-state index in [9.17, 15) is 9.59 Å². The third kappa shape index (κ3) is 6.38. The van der Waals surface area contributed by atoms with E-state index in [-0.39, 0.29) is 30.3 Å². The van der Waals surface area contributed by atoms with E-state index in [4.69, 9.17) is 0 Å². The number of benzene rings is 2. The van der Waals surface area contributed by atoms with Crippen molar-refractivity contribution in [1.82, 2.24) is 10.2 Å². The van der Waals surface area contributed by atoms with Crippen LogP contribution in [-0.2, 0) is 11.3 Å². The molecule has 1 aliphatic heterocycles. The van der Waals surface area contributed by atoms with E-state index in [0.29, 0.717) is 11.3 Å². The van der Waals surface area contributed by atoms with E-state index in [1.165, 1.54) is 12.5 Å². The Balaban J connectivity index is 0.00000261. The monoisotopic (exact) mass is 387 g/mol. The van der Waals surface area contributed by atoms with Gasteiger partial charge in [-0.25, -0.2) is 0 Å². The number of amides is 2. The summed E-state index contributed by atoms with van der Waals surface area (Å²) in [5.41, 5.74) is 2.64. The van der Waals surface area contributed by atoms with Gasteiger partial charge in [0.25, 0.3) is 5.91 Å². The lowest BCUT2D eigenvalue weighted by atomic mass is 10.0. The smallest absolute Gasteiger partial charge is 0.251 e. The van der Waals surface area contributed by atoms with Crippen molar-refractivity contribution in [2.75, 3.05) is 18.4 Å². The van der Waals surface area contributed by atoms with Gasteiger partial charge in [0.15, 0.2) is 0 Å². The summed E-state index contributed by atoms with van der Waals surface area (Å²) in [5.74, 6) is -0.176. The van der Waals surface area contributed by atoms with Crippen molar-refractivity contribution in [2.45, 2.75) is 32.4 Å². The van der Waals surface area contributed by atoms with Gasteiger partial charge in [-0.3, -0.25) is 14.5 Å². The Morgan fingerprint density at radius 1 is 1.00 bits per heavy atom. The fourth-order valence-electron chi connectivity index (χ4n) is 3.25. The maximum atomic E-state index is 12.4. The Kier molecular flexibility index (Phi) is 7.82. The Bertz CT molecular complexity index is 742. The predicted molar refractivity (Wildman–Crippen MR) is 110 cm³/mol. The Hall–Kier alpha value is -2.37. The fraction of sp³-hybridized carbons (Fsp3) is 0.333. The molecule has 0 bridgehead atoms. The van der Waals surface area contributed by atoms with Crippen LogP contribution in [0.25, 0.3) is 0 Å². The SMILES string of the molecule is CC(=O)Nc1ccc(C(=O)NC2CCN(Cc3ccccc3)CC2)cc1.Cl. The molecule has 3 rings (SSSR count). The lowest BCUT2D eigenvalue weighted by Gasteiger charge is -2.32. The first-order valence-corrected chi connectivity index (χ1v) is 9.05. The van der Waals surface area contributed by atoms with Gasteiger partial charge in [-0.05, 0) is 42.7 Å². The second kappa shape index (κ2) is 10.1. The average molecular weight is 388 g/mol. The third-order valence-corrected chi connectivity index (χ3v) is 4.64. The lowest BCUT2D eigenvalue weighted by molar-refractivity contribution is -0.114. The molecule has 5 nitrogen and oxygen atoms in total. The van der Waals surface area contributed by atoms with Crippen LogP contribution in [0, 0.1) is 0 Å². The third-order valence-electron chi connectivity index (χ3n) is 4.64. The van der Waals surface area contributed by atoms with E-state index in [2.05, 4.69) is 39.8 Å². The molecule has 0 aromatic heterocycles. The number of likely N-dealkylation sites (tertiary alicyclic amines) is 1. The molecule has 2 amide bonds. The van der Waals surface area contributed by atoms with Gasteiger partial charge in [0, 0.05) is 43.9 Å². The van der Waals surface area contributed by atoms with Crippen LogP contribution >= 0.6 is 12.4 Å². The molecule has 144 valence electrons. The molecule has 0 saturated carbocycles. The van der Waals surface area contributed by atoms with Crippen LogP contribution in [0.4, 0.5) is 5.69 Å². The standard InChI is InChI=1S/C21H25N3O2.ClH/c1-16(25)22-19-9-7-18(8-10-19)21(26)23-20-11-13-24(14-12-20)15-17-5-3-2-4-6-17;/h2-10,20H,11-15H2,1H3,(H,22,25)(H,23,26);1H. The average Bonchev–Trinajstić information content (AvgIpc) is 2.64. The first-order chi connectivity index (χ1) is 12.6. The molecule has 0 spiro atoms. The van der Waals surface area contributed by atoms with Crippen LogP contribution in [0.3, 0.4) is 0 Å². The van der Waals surface area contributed by atoms with Gasteiger partial charge in [0.05, 0.1) is 0 Å². The van der Waals surface area contributed by atoms with Crippen molar-refractivity contribution in [3.8, 4) is 0 Å². The summed E-state index contributed by atoms with van der Waals surface area (Å²) < 4.78 is 0. The summed E-state index contributed by atoms with van der Waals surface area (Å²) in [4.78, 5) is 25.9. The normalized spacial score (nSPS) is 14.9. The van der Waals surface area contributed by atoms with Crippen LogP contribution < -0.4 is 10.6 Å². The fourth-order valence-corrected chi connectivity index (χ4v) is 3.25. The maximum Gasteiger partial charge on any atom is 0.251 e. The highest BCUT2D eigenvalue weighted by Gasteiger charge is 2.21. The Morgan fingerprint density at radius 3 is 2.22 bits per heavy atom. The molecule has 2 aromatic rings. The van der Waals surface area contributed by atoms with Gasteiger partial charge in [-0.1, -0.05) is 30.3 Å². The molecule has 27 heavy (non-hydrogen) atoms. The molecule has 1 heterocycles. The van der Waals surface area contributed by atoms with Crippen LogP contribution in [0.15, 0.2) is 54.6 Å². The number of hydrogen-bond donors (Lipinski definition) is 2. The van der Waals surface area contributed by atoms with E-state index >= 15 is 0 Å². The highest BCUT2D eigenvalue weighted by atomic mass is 35.5. The van der Waals surface area contributed by atoms with Crippen LogP contribution in [0.5, 0.6) is 0 Å². The predicted octanol–water partition coefficient (Wildman–Crippen LogP) is 3.46. The molecule has 0 radical (unpaired) electrons. The molecule has 6 heteroatoms. The van der Waals surface area contributed by atoms with Gasteiger partial charge in [-0.2, -0.15) is 0 Å². The van der Waals surface area contributed by atoms with Crippen LogP contribution in [0.2, 0.25) is 0 Å². The number of piperidine rings is 1. The summed E-state index contributed by atoms with van der Waals surface area (Å²) in [6.45, 7) is 4.40. The zero-order chi connectivity index (χ0) is 18.4. The number of hydrogen-bond acceptors (Lipinski definition) is 3. The summed E-state index contributed by atoms with van der Waals surface area (Å²) in [6.07, 6.45) is 1.92. The number of anilines is 1. The summed E-state index contributed by atoms with van der Waals surface area (Å²) >= 11 is 0. The molecular formula is C21H26ClN3O2. The van der Waals surface area contributed by atoms with Crippen molar-refractivity contribution in [2.24, 2.45) is 0 Å². The second-order valence-corrected chi connectivity index (χ2v) is 6.77. The van der Waals surface area contributed by atoms with Gasteiger partial charge in [0.2, 0.25) is 5.91 Å². The van der Waals surface area contributed by atoms with Crippen molar-refractivity contribution in [3.05, 3.63) is 65.7 Å². The zero-order valence-corrected chi connectivity index (χ0v) is 16.3. The first-order valence-electron chi connectivity index (χ1n) is 9.05.